The van der Waals surface area contributed by atoms with Crippen molar-refractivity contribution in [1.29, 1.82) is 0 Å². The highest BCUT2D eigenvalue weighted by atomic mass is 16.5. The molecule has 14 heavy (non-hydrogen) atoms. The van der Waals surface area contributed by atoms with Gasteiger partial charge in [0, 0.05) is 26.7 Å². The van der Waals surface area contributed by atoms with Gasteiger partial charge in [-0.1, -0.05) is 0 Å². The van der Waals surface area contributed by atoms with E-state index in [-0.39, 0.29) is 24.2 Å². The maximum absolute atomic E-state index is 11.7. The lowest BCUT2D eigenvalue weighted by Crippen LogP contribution is -2.57. The zero-order valence-corrected chi connectivity index (χ0v) is 8.27. The number of methoxy groups -OCH3 is 1. The summed E-state index contributed by atoms with van der Waals surface area (Å²) in [5.74, 6) is 0.0925. The first kappa shape index (κ1) is 9.89. The molecule has 0 aromatic carbocycles. The number of carbonyl (C=O) groups excluding carboxylic acids is 1. The smallest absolute Gasteiger partial charge is 0.239 e. The molecule has 2 aliphatic rings. The molecule has 1 amide bonds. The van der Waals surface area contributed by atoms with Gasteiger partial charge in [0.15, 0.2) is 0 Å². The molecule has 0 spiro atoms. The summed E-state index contributed by atoms with van der Waals surface area (Å²) in [4.78, 5) is 13.4. The number of amides is 1. The Morgan fingerprint density at radius 3 is 2.79 bits per heavy atom. The first-order chi connectivity index (χ1) is 6.70. The van der Waals surface area contributed by atoms with Crippen LogP contribution in [-0.2, 0) is 9.53 Å². The van der Waals surface area contributed by atoms with Gasteiger partial charge in [-0.15, -0.1) is 0 Å². The maximum atomic E-state index is 11.7. The third kappa shape index (κ3) is 1.75. The van der Waals surface area contributed by atoms with Crippen LogP contribution in [0.15, 0.2) is 0 Å². The standard InChI is InChI=1S/C9H16N2O3/c1-14-7-2-8(10-3-7)9(13)11-4-6(12)5-11/h6-8,10,12H,2-5H2,1H3. The molecule has 5 heteroatoms. The minimum Gasteiger partial charge on any atom is -0.389 e. The van der Waals surface area contributed by atoms with Crippen LogP contribution in [0, 0.1) is 0 Å². The summed E-state index contributed by atoms with van der Waals surface area (Å²) in [7, 11) is 1.66. The van der Waals surface area contributed by atoms with Crippen LogP contribution in [0.3, 0.4) is 0 Å². The van der Waals surface area contributed by atoms with Gasteiger partial charge >= 0.3 is 0 Å². The second kappa shape index (κ2) is 3.84. The number of aliphatic hydroxyl groups excluding tert-OH is 1. The average Bonchev–Trinajstić information content (AvgIpc) is 2.60. The van der Waals surface area contributed by atoms with E-state index in [2.05, 4.69) is 5.32 Å². The average molecular weight is 200 g/mol. The topological polar surface area (TPSA) is 61.8 Å². The van der Waals surface area contributed by atoms with Crippen molar-refractivity contribution in [3.05, 3.63) is 0 Å². The first-order valence-electron chi connectivity index (χ1n) is 4.93. The molecule has 0 bridgehead atoms. The van der Waals surface area contributed by atoms with Gasteiger partial charge in [-0.2, -0.15) is 0 Å². The van der Waals surface area contributed by atoms with Gasteiger partial charge in [-0.25, -0.2) is 0 Å². The molecule has 5 nitrogen and oxygen atoms in total. The molecule has 0 radical (unpaired) electrons. The van der Waals surface area contributed by atoms with E-state index >= 15 is 0 Å². The number of aliphatic hydroxyl groups is 1. The van der Waals surface area contributed by atoms with Crippen molar-refractivity contribution in [3.63, 3.8) is 0 Å². The highest BCUT2D eigenvalue weighted by molar-refractivity contribution is 5.83. The first-order valence-corrected chi connectivity index (χ1v) is 4.93. The molecule has 2 fully saturated rings. The van der Waals surface area contributed by atoms with E-state index in [1.54, 1.807) is 12.0 Å². The molecule has 2 heterocycles. The fraction of sp³-hybridized carbons (Fsp3) is 0.889. The second-order valence-corrected chi connectivity index (χ2v) is 3.95. The van der Waals surface area contributed by atoms with E-state index in [0.29, 0.717) is 13.1 Å². The highest BCUT2D eigenvalue weighted by Gasteiger charge is 2.37. The van der Waals surface area contributed by atoms with Crippen LogP contribution < -0.4 is 5.32 Å². The predicted octanol–water partition coefficient (Wildman–Crippen LogP) is -1.43. The Labute approximate surface area is 83.0 Å². The SMILES string of the molecule is COC1CNC(C(=O)N2CC(O)C2)C1. The lowest BCUT2D eigenvalue weighted by molar-refractivity contribution is -0.143. The molecular formula is C9H16N2O3. The maximum Gasteiger partial charge on any atom is 0.239 e. The number of hydrogen-bond acceptors (Lipinski definition) is 4. The third-order valence-electron chi connectivity index (χ3n) is 2.90. The van der Waals surface area contributed by atoms with Crippen molar-refractivity contribution in [3.8, 4) is 0 Å². The minimum absolute atomic E-state index is 0.0925. The molecule has 2 N–H and O–H groups in total. The molecule has 2 unspecified atom stereocenters. The zero-order chi connectivity index (χ0) is 10.1. The van der Waals surface area contributed by atoms with Crippen molar-refractivity contribution in [1.82, 2.24) is 10.2 Å². The van der Waals surface area contributed by atoms with Gasteiger partial charge in [0.1, 0.15) is 0 Å². The third-order valence-corrected chi connectivity index (χ3v) is 2.90. The second-order valence-electron chi connectivity index (χ2n) is 3.95. The number of nitrogens with zero attached hydrogens (tertiary/aromatic N) is 1. The number of β-amino-alcohol motifs (C(OH)–C–C–N with tert-alkyl or cyclic N) is 1. The van der Waals surface area contributed by atoms with Crippen molar-refractivity contribution >= 4 is 5.91 Å². The summed E-state index contributed by atoms with van der Waals surface area (Å²) in [6.45, 7) is 1.70. The molecule has 2 saturated heterocycles. The van der Waals surface area contributed by atoms with Gasteiger partial charge in [-0.05, 0) is 6.42 Å². The van der Waals surface area contributed by atoms with Gasteiger partial charge < -0.3 is 20.1 Å². The van der Waals surface area contributed by atoms with Gasteiger partial charge in [-0.3, -0.25) is 4.79 Å². The largest absolute Gasteiger partial charge is 0.389 e. The van der Waals surface area contributed by atoms with E-state index in [4.69, 9.17) is 9.84 Å². The fourth-order valence-electron chi connectivity index (χ4n) is 1.93. The van der Waals surface area contributed by atoms with Gasteiger partial charge in [0.05, 0.1) is 18.2 Å². The Balaban J connectivity index is 1.82. The lowest BCUT2D eigenvalue weighted by Gasteiger charge is -2.37. The van der Waals surface area contributed by atoms with Crippen molar-refractivity contribution in [2.75, 3.05) is 26.7 Å². The summed E-state index contributed by atoms with van der Waals surface area (Å²) in [5, 5.41) is 12.2. The van der Waals surface area contributed by atoms with Crippen molar-refractivity contribution < 1.29 is 14.6 Å². The monoisotopic (exact) mass is 200 g/mol. The quantitative estimate of drug-likeness (QED) is 0.573. The molecule has 2 atom stereocenters. The molecule has 2 aliphatic heterocycles. The van der Waals surface area contributed by atoms with Crippen LogP contribution in [0.2, 0.25) is 0 Å². The summed E-state index contributed by atoms with van der Waals surface area (Å²) >= 11 is 0. The molecule has 0 saturated carbocycles. The van der Waals surface area contributed by atoms with E-state index in [9.17, 15) is 4.79 Å². The summed E-state index contributed by atoms with van der Waals surface area (Å²) in [5.41, 5.74) is 0. The number of carbonyl (C=O) groups is 1. The van der Waals surface area contributed by atoms with Crippen LogP contribution in [0.5, 0.6) is 0 Å². The van der Waals surface area contributed by atoms with Crippen molar-refractivity contribution in [2.45, 2.75) is 24.7 Å². The summed E-state index contributed by atoms with van der Waals surface area (Å²) in [6.07, 6.45) is 0.566. The molecule has 0 aliphatic carbocycles. The number of hydrogen-bond donors (Lipinski definition) is 2. The van der Waals surface area contributed by atoms with E-state index in [1.807, 2.05) is 0 Å². The summed E-state index contributed by atoms with van der Waals surface area (Å²) in [6, 6.07) is -0.118. The van der Waals surface area contributed by atoms with E-state index < -0.39 is 0 Å². The fourth-order valence-corrected chi connectivity index (χ4v) is 1.93. The Morgan fingerprint density at radius 1 is 1.57 bits per heavy atom. The number of likely N-dealkylation sites (tertiary alicyclic amines) is 1. The number of rotatable bonds is 2. The van der Waals surface area contributed by atoms with Crippen LogP contribution >= 0.6 is 0 Å². The molecule has 0 aromatic rings. The number of ether oxygens (including phenoxy) is 1. The van der Waals surface area contributed by atoms with Gasteiger partial charge in [0.25, 0.3) is 0 Å². The van der Waals surface area contributed by atoms with Crippen LogP contribution in [0.25, 0.3) is 0 Å². The molecule has 0 aromatic heterocycles. The van der Waals surface area contributed by atoms with Crippen molar-refractivity contribution in [2.24, 2.45) is 0 Å². The van der Waals surface area contributed by atoms with Crippen LogP contribution in [-0.4, -0.2) is 60.9 Å². The van der Waals surface area contributed by atoms with Crippen LogP contribution in [0.1, 0.15) is 6.42 Å². The lowest BCUT2D eigenvalue weighted by atomic mass is 10.1. The summed E-state index contributed by atoms with van der Waals surface area (Å²) < 4.78 is 5.16. The van der Waals surface area contributed by atoms with E-state index in [0.717, 1.165) is 13.0 Å². The molecule has 80 valence electrons. The normalized spacial score (nSPS) is 33.1. The molecule has 2 rings (SSSR count). The Hall–Kier alpha value is -0.650. The Morgan fingerprint density at radius 2 is 2.29 bits per heavy atom. The minimum atomic E-state index is -0.321. The number of nitrogens with one attached hydrogen (secondary N) is 1. The predicted molar refractivity (Wildman–Crippen MR) is 49.8 cm³/mol. The Bertz CT molecular complexity index is 228. The van der Waals surface area contributed by atoms with Crippen LogP contribution in [0.4, 0.5) is 0 Å². The van der Waals surface area contributed by atoms with E-state index in [1.165, 1.54) is 0 Å². The van der Waals surface area contributed by atoms with Gasteiger partial charge in [0.2, 0.25) is 5.91 Å². The highest BCUT2D eigenvalue weighted by Crippen LogP contribution is 2.16. The molecular weight excluding hydrogens is 184 g/mol. The Kier molecular flexibility index (Phi) is 2.71. The zero-order valence-electron chi connectivity index (χ0n) is 8.27.